The molecule has 2 heterocycles. The molecule has 0 saturated carbocycles. The summed E-state index contributed by atoms with van der Waals surface area (Å²) in [5.41, 5.74) is 5.75. The average molecular weight is 183 g/mol. The fourth-order valence-corrected chi connectivity index (χ4v) is 2.07. The molecular formula is C9H17N3O. The molecule has 0 unspecified atom stereocenters. The van der Waals surface area contributed by atoms with E-state index in [-0.39, 0.29) is 12.1 Å². The van der Waals surface area contributed by atoms with E-state index in [1.54, 1.807) is 0 Å². The lowest BCUT2D eigenvalue weighted by Crippen LogP contribution is -2.41. The Bertz CT molecular complexity index is 201. The summed E-state index contributed by atoms with van der Waals surface area (Å²) in [6, 6.07) is 0.400. The molecule has 0 bridgehead atoms. The number of nitrogens with two attached hydrogens (primary N) is 1. The van der Waals surface area contributed by atoms with Crippen molar-refractivity contribution in [3.8, 4) is 0 Å². The predicted molar refractivity (Wildman–Crippen MR) is 50.4 cm³/mol. The molecule has 0 aromatic carbocycles. The van der Waals surface area contributed by atoms with Gasteiger partial charge in [-0.25, -0.2) is 4.79 Å². The number of hydrogen-bond donors (Lipinski definition) is 1. The highest BCUT2D eigenvalue weighted by atomic mass is 16.2. The minimum absolute atomic E-state index is 0.199. The number of likely N-dealkylation sites (tertiary alicyclic amines) is 2. The van der Waals surface area contributed by atoms with Gasteiger partial charge in [0, 0.05) is 32.2 Å². The Morgan fingerprint density at radius 3 is 2.38 bits per heavy atom. The van der Waals surface area contributed by atoms with E-state index in [0.717, 1.165) is 45.4 Å². The van der Waals surface area contributed by atoms with E-state index in [9.17, 15) is 4.79 Å². The first-order chi connectivity index (χ1) is 6.27. The second-order valence-electron chi connectivity index (χ2n) is 3.97. The van der Waals surface area contributed by atoms with Crippen LogP contribution < -0.4 is 5.73 Å². The molecule has 1 atom stereocenters. The first kappa shape index (κ1) is 8.81. The summed E-state index contributed by atoms with van der Waals surface area (Å²) in [7, 11) is 0. The lowest BCUT2D eigenvalue weighted by Gasteiger charge is -2.23. The number of rotatable bonds is 0. The SMILES string of the molecule is N[C@H]1CCN(C(=O)N2CCCC2)C1. The quantitative estimate of drug-likeness (QED) is 0.584. The third kappa shape index (κ3) is 1.77. The molecule has 0 radical (unpaired) electrons. The van der Waals surface area contributed by atoms with Gasteiger partial charge < -0.3 is 15.5 Å². The number of urea groups is 1. The molecule has 0 aromatic rings. The standard InChI is InChI=1S/C9H17N3O/c10-8-3-6-12(7-8)9(13)11-4-1-2-5-11/h8H,1-7,10H2/t8-/m0/s1. The van der Waals surface area contributed by atoms with Crippen LogP contribution in [0.2, 0.25) is 0 Å². The molecule has 74 valence electrons. The maximum atomic E-state index is 11.8. The van der Waals surface area contributed by atoms with Crippen molar-refractivity contribution < 1.29 is 4.79 Å². The summed E-state index contributed by atoms with van der Waals surface area (Å²) >= 11 is 0. The van der Waals surface area contributed by atoms with Crippen LogP contribution in [0.15, 0.2) is 0 Å². The van der Waals surface area contributed by atoms with Crippen LogP contribution in [-0.4, -0.2) is 48.1 Å². The van der Waals surface area contributed by atoms with Crippen molar-refractivity contribution >= 4 is 6.03 Å². The Morgan fingerprint density at radius 2 is 1.85 bits per heavy atom. The number of nitrogens with zero attached hydrogens (tertiary/aromatic N) is 2. The van der Waals surface area contributed by atoms with Crippen molar-refractivity contribution in [2.24, 2.45) is 5.73 Å². The fraction of sp³-hybridized carbons (Fsp3) is 0.889. The summed E-state index contributed by atoms with van der Waals surface area (Å²) in [4.78, 5) is 15.6. The van der Waals surface area contributed by atoms with Crippen molar-refractivity contribution in [1.29, 1.82) is 0 Å². The van der Waals surface area contributed by atoms with E-state index in [1.165, 1.54) is 0 Å². The Balaban J connectivity index is 1.89. The smallest absolute Gasteiger partial charge is 0.320 e. The lowest BCUT2D eigenvalue weighted by molar-refractivity contribution is 0.172. The molecule has 13 heavy (non-hydrogen) atoms. The van der Waals surface area contributed by atoms with Crippen LogP contribution in [0.1, 0.15) is 19.3 Å². The molecule has 2 rings (SSSR count). The van der Waals surface area contributed by atoms with E-state index < -0.39 is 0 Å². The highest BCUT2D eigenvalue weighted by molar-refractivity contribution is 5.75. The van der Waals surface area contributed by atoms with Crippen LogP contribution in [0.4, 0.5) is 4.79 Å². The van der Waals surface area contributed by atoms with Crippen molar-refractivity contribution in [2.75, 3.05) is 26.2 Å². The molecule has 2 N–H and O–H groups in total. The van der Waals surface area contributed by atoms with Gasteiger partial charge in [0.15, 0.2) is 0 Å². The summed E-state index contributed by atoms with van der Waals surface area (Å²) < 4.78 is 0. The van der Waals surface area contributed by atoms with Crippen LogP contribution >= 0.6 is 0 Å². The Hall–Kier alpha value is -0.770. The fourth-order valence-electron chi connectivity index (χ4n) is 2.07. The molecule has 0 aromatic heterocycles. The molecule has 4 heteroatoms. The van der Waals surface area contributed by atoms with E-state index in [4.69, 9.17) is 5.73 Å². The van der Waals surface area contributed by atoms with Gasteiger partial charge in [0.2, 0.25) is 0 Å². The zero-order valence-electron chi connectivity index (χ0n) is 7.91. The molecule has 4 nitrogen and oxygen atoms in total. The molecule has 2 saturated heterocycles. The Labute approximate surface area is 78.7 Å². The van der Waals surface area contributed by atoms with Gasteiger partial charge in [0.05, 0.1) is 0 Å². The summed E-state index contributed by atoms with van der Waals surface area (Å²) in [6.45, 7) is 3.46. The normalized spacial score (nSPS) is 28.5. The largest absolute Gasteiger partial charge is 0.326 e. The summed E-state index contributed by atoms with van der Waals surface area (Å²) in [5.74, 6) is 0. The second-order valence-corrected chi connectivity index (χ2v) is 3.97. The highest BCUT2D eigenvalue weighted by Crippen LogP contribution is 2.14. The van der Waals surface area contributed by atoms with E-state index in [0.29, 0.717) is 0 Å². The van der Waals surface area contributed by atoms with E-state index >= 15 is 0 Å². The highest BCUT2D eigenvalue weighted by Gasteiger charge is 2.28. The lowest BCUT2D eigenvalue weighted by atomic mass is 10.3. The summed E-state index contributed by atoms with van der Waals surface area (Å²) in [6.07, 6.45) is 3.27. The van der Waals surface area contributed by atoms with Gasteiger partial charge in [0.1, 0.15) is 0 Å². The summed E-state index contributed by atoms with van der Waals surface area (Å²) in [5, 5.41) is 0. The Morgan fingerprint density at radius 1 is 1.15 bits per heavy atom. The second kappa shape index (κ2) is 3.54. The third-order valence-electron chi connectivity index (χ3n) is 2.87. The van der Waals surface area contributed by atoms with Gasteiger partial charge in [-0.05, 0) is 19.3 Å². The number of carbonyl (C=O) groups is 1. The van der Waals surface area contributed by atoms with Gasteiger partial charge in [-0.1, -0.05) is 0 Å². The molecule has 0 spiro atoms. The number of carbonyl (C=O) groups excluding carboxylic acids is 1. The topological polar surface area (TPSA) is 49.6 Å². The monoisotopic (exact) mass is 183 g/mol. The maximum Gasteiger partial charge on any atom is 0.320 e. The van der Waals surface area contributed by atoms with Gasteiger partial charge >= 0.3 is 6.03 Å². The Kier molecular flexibility index (Phi) is 2.40. The van der Waals surface area contributed by atoms with Gasteiger partial charge in [-0.2, -0.15) is 0 Å². The van der Waals surface area contributed by atoms with Crippen molar-refractivity contribution in [3.63, 3.8) is 0 Å². The minimum atomic E-state index is 0.199. The first-order valence-corrected chi connectivity index (χ1v) is 5.07. The number of hydrogen-bond acceptors (Lipinski definition) is 2. The van der Waals surface area contributed by atoms with Gasteiger partial charge in [-0.3, -0.25) is 0 Å². The third-order valence-corrected chi connectivity index (χ3v) is 2.87. The molecule has 2 aliphatic heterocycles. The van der Waals surface area contributed by atoms with Crippen molar-refractivity contribution in [3.05, 3.63) is 0 Å². The average Bonchev–Trinajstić information content (AvgIpc) is 2.72. The minimum Gasteiger partial charge on any atom is -0.326 e. The van der Waals surface area contributed by atoms with E-state index in [2.05, 4.69) is 0 Å². The zero-order chi connectivity index (χ0) is 9.26. The molecule has 2 fully saturated rings. The van der Waals surface area contributed by atoms with Gasteiger partial charge in [0.25, 0.3) is 0 Å². The molecule has 0 aliphatic carbocycles. The molecular weight excluding hydrogens is 166 g/mol. The van der Waals surface area contributed by atoms with Crippen LogP contribution in [0, 0.1) is 0 Å². The van der Waals surface area contributed by atoms with Crippen molar-refractivity contribution in [2.45, 2.75) is 25.3 Å². The number of amides is 2. The van der Waals surface area contributed by atoms with Crippen LogP contribution in [0.25, 0.3) is 0 Å². The van der Waals surface area contributed by atoms with Crippen LogP contribution in [0.3, 0.4) is 0 Å². The first-order valence-electron chi connectivity index (χ1n) is 5.07. The van der Waals surface area contributed by atoms with Crippen LogP contribution in [0.5, 0.6) is 0 Å². The maximum absolute atomic E-state index is 11.8. The zero-order valence-corrected chi connectivity index (χ0v) is 7.91. The predicted octanol–water partition coefficient (Wildman–Crippen LogP) is 0.235. The molecule has 2 amide bonds. The van der Waals surface area contributed by atoms with E-state index in [1.807, 2.05) is 9.80 Å². The van der Waals surface area contributed by atoms with Gasteiger partial charge in [-0.15, -0.1) is 0 Å². The van der Waals surface area contributed by atoms with Crippen LogP contribution in [-0.2, 0) is 0 Å². The molecule has 2 aliphatic rings. The van der Waals surface area contributed by atoms with Crippen molar-refractivity contribution in [1.82, 2.24) is 9.80 Å².